The van der Waals surface area contributed by atoms with Crippen molar-refractivity contribution in [2.45, 2.75) is 0 Å². The third kappa shape index (κ3) is 8.22. The largest absolute Gasteiger partial charge is 0.420 e. The molecule has 12 heteroatoms. The molecule has 0 aliphatic rings. The highest BCUT2D eigenvalue weighted by Crippen LogP contribution is 2.37. The number of nitrogens with one attached hydrogen (secondary N) is 1. The lowest BCUT2D eigenvalue weighted by Gasteiger charge is -2.12. The Balaban J connectivity index is 1.62. The number of anilines is 1. The molecule has 3 aromatic rings. The standard InChI is InChI=1S/C24H19ClN4O7/c25-20-11-19(29(32)33)12-21(28-22(30)15-34-26-13-17-7-3-1-4-8-17)24(20)36-23(31)16-35-27-14-18-9-5-2-6-10-18/h1-14H,15-16H2,(H,28,30)/b26-13+,27-14+. The molecule has 36 heavy (non-hydrogen) atoms. The van der Waals surface area contributed by atoms with E-state index in [-0.39, 0.29) is 16.5 Å². The number of amides is 1. The van der Waals surface area contributed by atoms with Crippen molar-refractivity contribution in [3.8, 4) is 5.75 Å². The van der Waals surface area contributed by atoms with E-state index in [4.69, 9.17) is 26.0 Å². The molecule has 0 aliphatic heterocycles. The number of esters is 1. The van der Waals surface area contributed by atoms with Crippen LogP contribution in [0.5, 0.6) is 5.75 Å². The molecular weight excluding hydrogens is 492 g/mol. The van der Waals surface area contributed by atoms with Crippen LogP contribution in [-0.2, 0) is 19.3 Å². The van der Waals surface area contributed by atoms with Gasteiger partial charge in [0.15, 0.2) is 12.4 Å². The van der Waals surface area contributed by atoms with Crippen molar-refractivity contribution in [2.75, 3.05) is 18.5 Å². The Morgan fingerprint density at radius 2 is 1.47 bits per heavy atom. The first-order chi connectivity index (χ1) is 17.4. The fourth-order valence-corrected chi connectivity index (χ4v) is 2.92. The van der Waals surface area contributed by atoms with Crippen LogP contribution in [0, 0.1) is 10.1 Å². The monoisotopic (exact) mass is 510 g/mol. The molecule has 0 aromatic heterocycles. The molecule has 0 spiro atoms. The lowest BCUT2D eigenvalue weighted by molar-refractivity contribution is -0.384. The maximum Gasteiger partial charge on any atom is 0.352 e. The summed E-state index contributed by atoms with van der Waals surface area (Å²) in [5.41, 5.74) is 0.871. The van der Waals surface area contributed by atoms with E-state index in [1.165, 1.54) is 12.4 Å². The summed E-state index contributed by atoms with van der Waals surface area (Å²) in [6.07, 6.45) is 2.81. The van der Waals surface area contributed by atoms with Crippen LogP contribution in [0.2, 0.25) is 5.02 Å². The quantitative estimate of drug-likeness (QED) is 0.134. The summed E-state index contributed by atoms with van der Waals surface area (Å²) in [7, 11) is 0. The summed E-state index contributed by atoms with van der Waals surface area (Å²) in [6.45, 7) is -1.10. The fraction of sp³-hybridized carbons (Fsp3) is 0.0833. The van der Waals surface area contributed by atoms with Crippen LogP contribution in [0.4, 0.5) is 11.4 Å². The van der Waals surface area contributed by atoms with Crippen molar-refractivity contribution < 1.29 is 28.9 Å². The van der Waals surface area contributed by atoms with E-state index in [0.29, 0.717) is 0 Å². The summed E-state index contributed by atoms with van der Waals surface area (Å²) in [4.78, 5) is 44.9. The van der Waals surface area contributed by atoms with Crippen molar-refractivity contribution in [1.82, 2.24) is 0 Å². The predicted molar refractivity (Wildman–Crippen MR) is 132 cm³/mol. The van der Waals surface area contributed by atoms with E-state index in [1.807, 2.05) is 36.4 Å². The van der Waals surface area contributed by atoms with Gasteiger partial charge in [0.2, 0.25) is 6.61 Å². The van der Waals surface area contributed by atoms with E-state index >= 15 is 0 Å². The van der Waals surface area contributed by atoms with Crippen molar-refractivity contribution in [2.24, 2.45) is 10.3 Å². The van der Waals surface area contributed by atoms with E-state index in [9.17, 15) is 19.7 Å². The van der Waals surface area contributed by atoms with Crippen LogP contribution in [0.25, 0.3) is 0 Å². The molecule has 0 bridgehead atoms. The molecule has 0 heterocycles. The zero-order valence-electron chi connectivity index (χ0n) is 18.6. The minimum atomic E-state index is -0.907. The zero-order valence-corrected chi connectivity index (χ0v) is 19.3. The molecule has 0 saturated carbocycles. The maximum absolute atomic E-state index is 12.3. The number of benzene rings is 3. The second kappa shape index (κ2) is 13.2. The average Bonchev–Trinajstić information content (AvgIpc) is 2.87. The number of nitro groups is 1. The Morgan fingerprint density at radius 3 is 2.03 bits per heavy atom. The molecule has 0 radical (unpaired) electrons. The molecule has 0 atom stereocenters. The number of non-ortho nitro benzene ring substituents is 1. The number of ether oxygens (including phenoxy) is 1. The number of nitrogens with zero attached hydrogens (tertiary/aromatic N) is 3. The summed E-state index contributed by atoms with van der Waals surface area (Å²) >= 11 is 6.08. The van der Waals surface area contributed by atoms with Crippen LogP contribution in [-0.4, -0.2) is 42.4 Å². The predicted octanol–water partition coefficient (Wildman–Crippen LogP) is 4.19. The lowest BCUT2D eigenvalue weighted by Crippen LogP contribution is -2.20. The summed E-state index contributed by atoms with van der Waals surface area (Å²) in [5, 5.41) is 20.7. The Bertz CT molecular complexity index is 1270. The minimum Gasteiger partial charge on any atom is -0.420 e. The van der Waals surface area contributed by atoms with Crippen LogP contribution in [0.15, 0.2) is 83.1 Å². The number of carbonyl (C=O) groups excluding carboxylic acids is 2. The van der Waals surface area contributed by atoms with E-state index in [0.717, 1.165) is 23.3 Å². The molecule has 1 amide bonds. The van der Waals surface area contributed by atoms with Gasteiger partial charge in [-0.3, -0.25) is 14.9 Å². The van der Waals surface area contributed by atoms with Gasteiger partial charge in [-0.05, 0) is 11.1 Å². The Labute approximate surface area is 210 Å². The Hall–Kier alpha value is -4.77. The number of rotatable bonds is 11. The van der Waals surface area contributed by atoms with E-state index in [1.54, 1.807) is 24.3 Å². The van der Waals surface area contributed by atoms with Gasteiger partial charge >= 0.3 is 5.97 Å². The smallest absolute Gasteiger partial charge is 0.352 e. The summed E-state index contributed by atoms with van der Waals surface area (Å²) < 4.78 is 5.17. The van der Waals surface area contributed by atoms with Gasteiger partial charge in [-0.25, -0.2) is 4.79 Å². The molecule has 3 rings (SSSR count). The maximum atomic E-state index is 12.3. The average molecular weight is 511 g/mol. The fourth-order valence-electron chi connectivity index (χ4n) is 2.67. The van der Waals surface area contributed by atoms with E-state index in [2.05, 4.69) is 15.6 Å². The highest BCUT2D eigenvalue weighted by Gasteiger charge is 2.21. The van der Waals surface area contributed by atoms with Crippen molar-refractivity contribution in [3.63, 3.8) is 0 Å². The van der Waals surface area contributed by atoms with Gasteiger partial charge < -0.3 is 19.7 Å². The zero-order chi connectivity index (χ0) is 25.8. The highest BCUT2D eigenvalue weighted by molar-refractivity contribution is 6.33. The van der Waals surface area contributed by atoms with Gasteiger partial charge in [0.05, 0.1) is 28.1 Å². The number of hydrogen-bond acceptors (Lipinski definition) is 9. The SMILES string of the molecule is O=C(CO/N=C/c1ccccc1)Nc1cc([N+](=O)[O-])cc(Cl)c1OC(=O)CO/N=C/c1ccccc1. The molecule has 0 unspecified atom stereocenters. The number of nitro benzene ring substituents is 1. The number of hydrogen-bond donors (Lipinski definition) is 1. The van der Waals surface area contributed by atoms with Gasteiger partial charge in [0.1, 0.15) is 0 Å². The highest BCUT2D eigenvalue weighted by atomic mass is 35.5. The number of oxime groups is 2. The summed E-state index contributed by atoms with van der Waals surface area (Å²) in [6, 6.07) is 20.0. The van der Waals surface area contributed by atoms with Gasteiger partial charge in [0.25, 0.3) is 11.6 Å². The first-order valence-electron chi connectivity index (χ1n) is 10.3. The molecule has 11 nitrogen and oxygen atoms in total. The Morgan fingerprint density at radius 1 is 0.917 bits per heavy atom. The molecule has 0 fully saturated rings. The molecule has 0 saturated heterocycles. The third-order valence-corrected chi connectivity index (χ3v) is 4.54. The normalized spacial score (nSPS) is 10.8. The van der Waals surface area contributed by atoms with E-state index < -0.39 is 35.7 Å². The third-order valence-electron chi connectivity index (χ3n) is 4.26. The number of carbonyl (C=O) groups is 2. The lowest BCUT2D eigenvalue weighted by atomic mass is 10.2. The molecule has 184 valence electrons. The molecular formula is C24H19ClN4O7. The Kier molecular flexibility index (Phi) is 9.48. The van der Waals surface area contributed by atoms with Crippen molar-refractivity contribution in [3.05, 3.63) is 99.1 Å². The second-order valence-electron chi connectivity index (χ2n) is 6.92. The molecule has 3 aromatic carbocycles. The van der Waals surface area contributed by atoms with Crippen molar-refractivity contribution in [1.29, 1.82) is 0 Å². The van der Waals surface area contributed by atoms with Gasteiger partial charge in [-0.2, -0.15) is 0 Å². The molecule has 0 aliphatic carbocycles. The van der Waals surface area contributed by atoms with Gasteiger partial charge in [-0.1, -0.05) is 82.6 Å². The first-order valence-corrected chi connectivity index (χ1v) is 10.7. The second-order valence-corrected chi connectivity index (χ2v) is 7.33. The van der Waals surface area contributed by atoms with Crippen LogP contribution < -0.4 is 10.1 Å². The van der Waals surface area contributed by atoms with Gasteiger partial charge in [-0.15, -0.1) is 0 Å². The topological polar surface area (TPSA) is 142 Å². The number of halogens is 1. The van der Waals surface area contributed by atoms with Crippen molar-refractivity contribution >= 4 is 47.3 Å². The minimum absolute atomic E-state index is 0.212. The van der Waals surface area contributed by atoms with Crippen LogP contribution in [0.3, 0.4) is 0 Å². The van der Waals surface area contributed by atoms with Gasteiger partial charge in [0, 0.05) is 12.1 Å². The van der Waals surface area contributed by atoms with Crippen LogP contribution in [0.1, 0.15) is 11.1 Å². The first kappa shape index (κ1) is 25.8. The molecule has 1 N–H and O–H groups in total. The summed E-state index contributed by atoms with van der Waals surface area (Å²) in [5.74, 6) is -1.93. The van der Waals surface area contributed by atoms with Crippen LogP contribution >= 0.6 is 11.6 Å².